The van der Waals surface area contributed by atoms with E-state index in [1.165, 1.54) is 17.4 Å². The third kappa shape index (κ3) is 1.23. The molecule has 2 heterocycles. The van der Waals surface area contributed by atoms with Gasteiger partial charge in [-0.15, -0.1) is 11.3 Å². The summed E-state index contributed by atoms with van der Waals surface area (Å²) in [6, 6.07) is 8.86. The van der Waals surface area contributed by atoms with Gasteiger partial charge in [0.05, 0.1) is 0 Å². The van der Waals surface area contributed by atoms with Crippen molar-refractivity contribution < 1.29 is 14.6 Å². The molecule has 16 heavy (non-hydrogen) atoms. The predicted octanol–water partition coefficient (Wildman–Crippen LogP) is 2.71. The number of phenols is 1. The second-order valence-electron chi connectivity index (χ2n) is 3.54. The third-order valence-corrected chi connectivity index (χ3v) is 3.50. The first-order chi connectivity index (χ1) is 7.77. The Labute approximate surface area is 95.9 Å². The molecule has 0 fully saturated rings. The Morgan fingerprint density at radius 1 is 1.25 bits per heavy atom. The normalized spacial score (nSPS) is 18.2. The third-order valence-electron chi connectivity index (χ3n) is 2.59. The predicted molar refractivity (Wildman–Crippen MR) is 59.7 cm³/mol. The van der Waals surface area contributed by atoms with Crippen LogP contribution in [0.5, 0.6) is 5.75 Å². The molecule has 1 atom stereocenters. The second-order valence-corrected chi connectivity index (χ2v) is 4.52. The number of carbonyl (C=O) groups is 1. The van der Waals surface area contributed by atoms with Gasteiger partial charge in [0.1, 0.15) is 11.3 Å². The maximum atomic E-state index is 11.6. The van der Waals surface area contributed by atoms with E-state index in [1.54, 1.807) is 6.07 Å². The first-order valence-corrected chi connectivity index (χ1v) is 5.71. The smallest absolute Gasteiger partial charge is 0.343 e. The van der Waals surface area contributed by atoms with Crippen LogP contribution in [-0.2, 0) is 4.74 Å². The van der Waals surface area contributed by atoms with E-state index in [1.807, 2.05) is 23.6 Å². The monoisotopic (exact) mass is 232 g/mol. The van der Waals surface area contributed by atoms with E-state index in [-0.39, 0.29) is 11.9 Å². The SMILES string of the molecule is O=C1O[C@H](c2cccs2)c2cccc(O)c21. The number of hydrogen-bond acceptors (Lipinski definition) is 4. The van der Waals surface area contributed by atoms with Gasteiger partial charge < -0.3 is 9.84 Å². The first kappa shape index (κ1) is 9.42. The molecule has 0 amide bonds. The van der Waals surface area contributed by atoms with E-state index in [0.717, 1.165) is 10.4 Å². The lowest BCUT2D eigenvalue weighted by molar-refractivity contribution is 0.0459. The van der Waals surface area contributed by atoms with Crippen LogP contribution in [0.25, 0.3) is 0 Å². The Kier molecular flexibility index (Phi) is 1.97. The molecular weight excluding hydrogens is 224 g/mol. The first-order valence-electron chi connectivity index (χ1n) is 4.83. The van der Waals surface area contributed by atoms with E-state index in [2.05, 4.69) is 0 Å². The number of phenolic OH excluding ortho intramolecular Hbond substituents is 1. The molecule has 80 valence electrons. The minimum atomic E-state index is -0.452. The van der Waals surface area contributed by atoms with Crippen LogP contribution in [0, 0.1) is 0 Å². The number of aromatic hydroxyl groups is 1. The summed E-state index contributed by atoms with van der Waals surface area (Å²) in [5.41, 5.74) is 1.04. The summed E-state index contributed by atoms with van der Waals surface area (Å²) >= 11 is 1.53. The average Bonchev–Trinajstić information content (AvgIpc) is 2.86. The highest BCUT2D eigenvalue weighted by Crippen LogP contribution is 2.40. The summed E-state index contributed by atoms with van der Waals surface area (Å²) < 4.78 is 5.27. The maximum absolute atomic E-state index is 11.6. The zero-order valence-electron chi connectivity index (χ0n) is 8.21. The Hall–Kier alpha value is -1.81. The molecule has 0 bridgehead atoms. The highest BCUT2D eigenvalue weighted by Gasteiger charge is 2.34. The van der Waals surface area contributed by atoms with Gasteiger partial charge in [0.15, 0.2) is 6.10 Å². The summed E-state index contributed by atoms with van der Waals surface area (Å²) in [7, 11) is 0. The lowest BCUT2D eigenvalue weighted by Crippen LogP contribution is -1.98. The molecule has 0 radical (unpaired) electrons. The van der Waals surface area contributed by atoms with Crippen LogP contribution < -0.4 is 0 Å². The summed E-state index contributed by atoms with van der Waals surface area (Å²) in [5.74, 6) is -0.465. The molecule has 1 N–H and O–H groups in total. The molecule has 2 aromatic rings. The standard InChI is InChI=1S/C12H8O3S/c13-8-4-1-3-7-10(8)12(14)15-11(7)9-5-2-6-16-9/h1-6,11,13H/t11-/m0/s1. The fourth-order valence-electron chi connectivity index (χ4n) is 1.88. The van der Waals surface area contributed by atoms with Crippen LogP contribution in [0.2, 0.25) is 0 Å². The lowest BCUT2D eigenvalue weighted by atomic mass is 10.0. The van der Waals surface area contributed by atoms with Gasteiger partial charge in [-0.2, -0.15) is 0 Å². The molecule has 3 nitrogen and oxygen atoms in total. The van der Waals surface area contributed by atoms with Crippen molar-refractivity contribution in [3.8, 4) is 5.75 Å². The molecule has 0 saturated carbocycles. The summed E-state index contributed by atoms with van der Waals surface area (Å²) in [6.07, 6.45) is -0.366. The van der Waals surface area contributed by atoms with Crippen molar-refractivity contribution in [2.24, 2.45) is 0 Å². The Morgan fingerprint density at radius 3 is 2.88 bits per heavy atom. The average molecular weight is 232 g/mol. The fourth-order valence-corrected chi connectivity index (χ4v) is 2.65. The van der Waals surface area contributed by atoms with Gasteiger partial charge in [-0.1, -0.05) is 18.2 Å². The molecule has 3 rings (SSSR count). The minimum absolute atomic E-state index is 0.0124. The highest BCUT2D eigenvalue weighted by atomic mass is 32.1. The topological polar surface area (TPSA) is 46.5 Å². The van der Waals surface area contributed by atoms with E-state index in [0.29, 0.717) is 5.56 Å². The zero-order chi connectivity index (χ0) is 11.1. The molecule has 0 unspecified atom stereocenters. The van der Waals surface area contributed by atoms with Gasteiger partial charge in [-0.3, -0.25) is 0 Å². The van der Waals surface area contributed by atoms with Crippen LogP contribution in [-0.4, -0.2) is 11.1 Å². The molecule has 1 aromatic carbocycles. The molecule has 0 saturated heterocycles. The molecule has 1 aliphatic rings. The number of rotatable bonds is 1. The molecule has 0 spiro atoms. The largest absolute Gasteiger partial charge is 0.507 e. The number of esters is 1. The van der Waals surface area contributed by atoms with E-state index in [9.17, 15) is 9.90 Å². The van der Waals surface area contributed by atoms with Crippen LogP contribution >= 0.6 is 11.3 Å². The zero-order valence-corrected chi connectivity index (χ0v) is 9.03. The van der Waals surface area contributed by atoms with Crippen molar-refractivity contribution in [1.29, 1.82) is 0 Å². The number of carbonyl (C=O) groups excluding carboxylic acids is 1. The highest BCUT2D eigenvalue weighted by molar-refractivity contribution is 7.10. The van der Waals surface area contributed by atoms with Crippen molar-refractivity contribution in [2.45, 2.75) is 6.10 Å². The van der Waals surface area contributed by atoms with Crippen LogP contribution in [0.15, 0.2) is 35.7 Å². The Bertz CT molecular complexity index is 545. The van der Waals surface area contributed by atoms with Crippen molar-refractivity contribution in [2.75, 3.05) is 0 Å². The van der Waals surface area contributed by atoms with Gasteiger partial charge in [-0.05, 0) is 17.5 Å². The quantitative estimate of drug-likeness (QED) is 0.769. The molecule has 4 heteroatoms. The van der Waals surface area contributed by atoms with E-state index in [4.69, 9.17) is 4.74 Å². The number of cyclic esters (lactones) is 1. The number of benzene rings is 1. The van der Waals surface area contributed by atoms with Crippen molar-refractivity contribution in [3.63, 3.8) is 0 Å². The fraction of sp³-hybridized carbons (Fsp3) is 0.0833. The summed E-state index contributed by atoms with van der Waals surface area (Å²) in [5, 5.41) is 11.6. The number of thiophene rings is 1. The van der Waals surface area contributed by atoms with Crippen molar-refractivity contribution in [3.05, 3.63) is 51.7 Å². The van der Waals surface area contributed by atoms with Crippen LogP contribution in [0.3, 0.4) is 0 Å². The van der Waals surface area contributed by atoms with Gasteiger partial charge >= 0.3 is 5.97 Å². The van der Waals surface area contributed by atoms with Gasteiger partial charge in [0.2, 0.25) is 0 Å². The summed E-state index contributed by atoms with van der Waals surface area (Å²) in [6.45, 7) is 0. The number of hydrogen-bond donors (Lipinski definition) is 1. The second kappa shape index (κ2) is 3.35. The van der Waals surface area contributed by atoms with Gasteiger partial charge in [0, 0.05) is 10.4 Å². The van der Waals surface area contributed by atoms with E-state index < -0.39 is 5.97 Å². The Balaban J connectivity index is 2.16. The van der Waals surface area contributed by atoms with Crippen LogP contribution in [0.4, 0.5) is 0 Å². The number of fused-ring (bicyclic) bond motifs is 1. The molecule has 1 aliphatic heterocycles. The maximum Gasteiger partial charge on any atom is 0.343 e. The Morgan fingerprint density at radius 2 is 2.12 bits per heavy atom. The van der Waals surface area contributed by atoms with E-state index >= 15 is 0 Å². The lowest BCUT2D eigenvalue weighted by Gasteiger charge is -2.07. The van der Waals surface area contributed by atoms with Crippen LogP contribution in [0.1, 0.15) is 26.9 Å². The van der Waals surface area contributed by atoms with Crippen molar-refractivity contribution in [1.82, 2.24) is 0 Å². The summed E-state index contributed by atoms with van der Waals surface area (Å²) in [4.78, 5) is 12.6. The molecular formula is C12H8O3S. The molecule has 1 aromatic heterocycles. The number of ether oxygens (including phenoxy) is 1. The molecule has 0 aliphatic carbocycles. The minimum Gasteiger partial charge on any atom is -0.507 e. The van der Waals surface area contributed by atoms with Crippen molar-refractivity contribution >= 4 is 17.3 Å². The van der Waals surface area contributed by atoms with Gasteiger partial charge in [-0.25, -0.2) is 4.79 Å². The van der Waals surface area contributed by atoms with Gasteiger partial charge in [0.25, 0.3) is 0 Å².